The van der Waals surface area contributed by atoms with E-state index in [0.717, 1.165) is 5.75 Å². The highest BCUT2D eigenvalue weighted by Gasteiger charge is 2.25. The average Bonchev–Trinajstić information content (AvgIpc) is 3.05. The molecule has 3 rings (SSSR count). The molecule has 0 spiro atoms. The van der Waals surface area contributed by atoms with Crippen molar-refractivity contribution in [2.45, 2.75) is 17.4 Å². The molecule has 1 N–H and O–H groups in total. The Morgan fingerprint density at radius 3 is 2.85 bits per heavy atom. The maximum atomic E-state index is 12.8. The summed E-state index contributed by atoms with van der Waals surface area (Å²) in [6.07, 6.45) is 5.47. The molecular weight excluding hydrogens is 417 g/mol. The first kappa shape index (κ1) is 19.4. The van der Waals surface area contributed by atoms with Gasteiger partial charge >= 0.3 is 0 Å². The van der Waals surface area contributed by atoms with Crippen LogP contribution in [-0.4, -0.2) is 40.0 Å². The van der Waals surface area contributed by atoms with Gasteiger partial charge in [0.25, 0.3) is 0 Å². The molecule has 0 fully saturated rings. The van der Waals surface area contributed by atoms with Crippen LogP contribution >= 0.6 is 35.0 Å². The fraction of sp³-hybridized carbons (Fsp3) is 0.267. The Bertz CT molecular complexity index is 1030. The van der Waals surface area contributed by atoms with Crippen molar-refractivity contribution in [3.8, 4) is 0 Å². The molecule has 0 aliphatic heterocycles. The molecule has 0 unspecified atom stereocenters. The maximum absolute atomic E-state index is 12.8. The van der Waals surface area contributed by atoms with E-state index in [-0.39, 0.29) is 15.1 Å². The first-order chi connectivity index (χ1) is 12.4. The zero-order chi connectivity index (χ0) is 18.7. The molecule has 0 bridgehead atoms. The zero-order valence-corrected chi connectivity index (χ0v) is 16.8. The first-order valence-corrected chi connectivity index (χ1v) is 11.2. The summed E-state index contributed by atoms with van der Waals surface area (Å²) in [6, 6.07) is 6.20. The number of hydrogen-bond donors (Lipinski definition) is 1. The molecule has 0 aliphatic carbocycles. The topological polar surface area (TPSA) is 89.2 Å². The molecule has 0 amide bonds. The van der Waals surface area contributed by atoms with Crippen molar-refractivity contribution in [1.82, 2.24) is 24.3 Å². The van der Waals surface area contributed by atoms with Gasteiger partial charge in [0, 0.05) is 12.4 Å². The number of fused-ring (bicyclic) bond motifs is 1. The van der Waals surface area contributed by atoms with Gasteiger partial charge in [-0.15, -0.1) is 10.2 Å². The summed E-state index contributed by atoms with van der Waals surface area (Å²) in [6.45, 7) is 0. The number of halogens is 2. The van der Waals surface area contributed by atoms with E-state index in [9.17, 15) is 8.42 Å². The van der Waals surface area contributed by atoms with Crippen molar-refractivity contribution in [2.24, 2.45) is 0 Å². The van der Waals surface area contributed by atoms with Gasteiger partial charge in [-0.2, -0.15) is 11.8 Å². The number of hydrogen-bond acceptors (Lipinski definition) is 6. The number of pyridine rings is 2. The van der Waals surface area contributed by atoms with Gasteiger partial charge in [-0.25, -0.2) is 18.1 Å². The minimum atomic E-state index is -3.87. The van der Waals surface area contributed by atoms with Crippen LogP contribution in [0.2, 0.25) is 10.2 Å². The fourth-order valence-corrected chi connectivity index (χ4v) is 4.38. The third-order valence-electron chi connectivity index (χ3n) is 3.64. The number of nitrogens with zero attached hydrogens (tertiary/aromatic N) is 4. The summed E-state index contributed by atoms with van der Waals surface area (Å²) in [5.74, 6) is 1.26. The van der Waals surface area contributed by atoms with E-state index in [4.69, 9.17) is 23.2 Å². The van der Waals surface area contributed by atoms with Gasteiger partial charge in [0.15, 0.2) is 11.5 Å². The number of rotatable bonds is 7. The van der Waals surface area contributed by atoms with E-state index in [1.54, 1.807) is 28.4 Å². The number of thioether (sulfide) groups is 1. The van der Waals surface area contributed by atoms with Crippen LogP contribution < -0.4 is 4.72 Å². The van der Waals surface area contributed by atoms with Crippen LogP contribution in [0.15, 0.2) is 41.6 Å². The van der Waals surface area contributed by atoms with Crippen molar-refractivity contribution >= 4 is 50.6 Å². The number of nitrogens with one attached hydrogen (secondary N) is 1. The Morgan fingerprint density at radius 2 is 2.12 bits per heavy atom. The molecule has 0 saturated heterocycles. The van der Waals surface area contributed by atoms with Crippen LogP contribution in [0.25, 0.3) is 5.65 Å². The third kappa shape index (κ3) is 4.12. The minimum absolute atomic E-state index is 0.0491. The second kappa shape index (κ2) is 8.10. The molecule has 0 saturated carbocycles. The van der Waals surface area contributed by atoms with Gasteiger partial charge in [-0.3, -0.25) is 4.40 Å². The zero-order valence-electron chi connectivity index (χ0n) is 13.6. The van der Waals surface area contributed by atoms with Gasteiger partial charge in [0.1, 0.15) is 10.0 Å². The third-order valence-corrected chi connectivity index (χ3v) is 6.41. The highest BCUT2D eigenvalue weighted by molar-refractivity contribution is 7.98. The molecule has 11 heteroatoms. The van der Waals surface area contributed by atoms with Gasteiger partial charge in [-0.05, 0) is 36.6 Å². The van der Waals surface area contributed by atoms with Crippen LogP contribution in [0.5, 0.6) is 0 Å². The first-order valence-electron chi connectivity index (χ1n) is 7.54. The molecule has 0 radical (unpaired) electrons. The lowest BCUT2D eigenvalue weighted by Gasteiger charge is -2.17. The molecule has 26 heavy (non-hydrogen) atoms. The Balaban J connectivity index is 1.96. The van der Waals surface area contributed by atoms with Gasteiger partial charge in [-0.1, -0.05) is 29.3 Å². The van der Waals surface area contributed by atoms with Crippen molar-refractivity contribution < 1.29 is 8.42 Å². The molecular formula is C15H15Cl2N5O2S2. The lowest BCUT2D eigenvalue weighted by molar-refractivity contribution is 0.536. The summed E-state index contributed by atoms with van der Waals surface area (Å²) < 4.78 is 30.0. The monoisotopic (exact) mass is 431 g/mol. The predicted octanol–water partition coefficient (Wildman–Crippen LogP) is 3.20. The Hall–Kier alpha value is -1.39. The van der Waals surface area contributed by atoms with E-state index >= 15 is 0 Å². The lowest BCUT2D eigenvalue weighted by atomic mass is 10.2. The van der Waals surface area contributed by atoms with Crippen molar-refractivity contribution in [3.05, 3.63) is 52.7 Å². The van der Waals surface area contributed by atoms with E-state index in [0.29, 0.717) is 17.9 Å². The molecule has 7 nitrogen and oxygen atoms in total. The standard InChI is InChI=1S/C15H15Cl2N5O2S2/c1-25-7-5-12(15-20-19-13-4-2-3-6-22(13)15)21-26(23,24)10-8-11(16)14(17)18-9-10/h2-4,6,8-9,12,21H,5,7H2,1H3/t12-/m1/s1. The highest BCUT2D eigenvalue weighted by Crippen LogP contribution is 2.25. The van der Waals surface area contributed by atoms with E-state index in [1.165, 1.54) is 12.3 Å². The summed E-state index contributed by atoms with van der Waals surface area (Å²) in [7, 11) is -3.87. The summed E-state index contributed by atoms with van der Waals surface area (Å²) in [5, 5.41) is 8.39. The largest absolute Gasteiger partial charge is 0.285 e. The quantitative estimate of drug-likeness (QED) is 0.577. The van der Waals surface area contributed by atoms with E-state index in [1.807, 2.05) is 18.4 Å². The Morgan fingerprint density at radius 1 is 1.31 bits per heavy atom. The summed E-state index contributed by atoms with van der Waals surface area (Å²) in [5.41, 5.74) is 0.645. The summed E-state index contributed by atoms with van der Waals surface area (Å²) in [4.78, 5) is 3.74. The van der Waals surface area contributed by atoms with Gasteiger partial charge in [0.2, 0.25) is 10.0 Å². The average molecular weight is 432 g/mol. The van der Waals surface area contributed by atoms with Crippen molar-refractivity contribution in [2.75, 3.05) is 12.0 Å². The predicted molar refractivity (Wildman–Crippen MR) is 103 cm³/mol. The Labute approximate surface area is 165 Å². The van der Waals surface area contributed by atoms with Gasteiger partial charge in [0.05, 0.1) is 11.1 Å². The Kier molecular flexibility index (Phi) is 6.03. The van der Waals surface area contributed by atoms with Crippen LogP contribution in [0.1, 0.15) is 18.3 Å². The fourth-order valence-electron chi connectivity index (χ4n) is 2.38. The number of sulfonamides is 1. The van der Waals surface area contributed by atoms with Crippen LogP contribution in [0, 0.1) is 0 Å². The highest BCUT2D eigenvalue weighted by atomic mass is 35.5. The second-order valence-electron chi connectivity index (χ2n) is 5.39. The van der Waals surface area contributed by atoms with Crippen LogP contribution in [0.3, 0.4) is 0 Å². The normalized spacial score (nSPS) is 13.2. The molecule has 0 aliphatic rings. The van der Waals surface area contributed by atoms with Crippen molar-refractivity contribution in [1.29, 1.82) is 0 Å². The van der Waals surface area contributed by atoms with Gasteiger partial charge < -0.3 is 0 Å². The van der Waals surface area contributed by atoms with E-state index < -0.39 is 16.1 Å². The molecule has 0 aromatic carbocycles. The molecule has 138 valence electrons. The smallest absolute Gasteiger partial charge is 0.242 e. The number of aromatic nitrogens is 4. The van der Waals surface area contributed by atoms with Crippen LogP contribution in [-0.2, 0) is 10.0 Å². The second-order valence-corrected chi connectivity index (χ2v) is 8.85. The molecule has 3 aromatic heterocycles. The molecule has 1 atom stereocenters. The molecule has 3 aromatic rings. The molecule has 3 heterocycles. The minimum Gasteiger partial charge on any atom is -0.285 e. The van der Waals surface area contributed by atoms with Crippen molar-refractivity contribution in [3.63, 3.8) is 0 Å². The van der Waals surface area contributed by atoms with E-state index in [2.05, 4.69) is 19.9 Å². The summed E-state index contributed by atoms with van der Waals surface area (Å²) >= 11 is 13.3. The lowest BCUT2D eigenvalue weighted by Crippen LogP contribution is -2.30. The maximum Gasteiger partial charge on any atom is 0.242 e. The SMILES string of the molecule is CSCC[C@@H](NS(=O)(=O)c1cnc(Cl)c(Cl)c1)c1nnc2ccccn12. The van der Waals surface area contributed by atoms with Crippen LogP contribution in [0.4, 0.5) is 0 Å².